The van der Waals surface area contributed by atoms with Gasteiger partial charge in [-0.15, -0.1) is 0 Å². The van der Waals surface area contributed by atoms with Gasteiger partial charge in [-0.3, -0.25) is 0 Å². The van der Waals surface area contributed by atoms with Crippen LogP contribution in [0.15, 0.2) is 12.7 Å². The molecule has 4 nitrogen and oxygen atoms in total. The SMILES string of the molecule is C=CC[N+](C)(C)CCCCS(=O)(=O)[O-]. The summed E-state index contributed by atoms with van der Waals surface area (Å²) in [4.78, 5) is 0. The van der Waals surface area contributed by atoms with Gasteiger partial charge in [0.25, 0.3) is 0 Å². The van der Waals surface area contributed by atoms with Crippen LogP contribution in [0.5, 0.6) is 0 Å². The van der Waals surface area contributed by atoms with Crippen molar-refractivity contribution in [2.75, 3.05) is 32.9 Å². The molecule has 0 aliphatic heterocycles. The summed E-state index contributed by atoms with van der Waals surface area (Å²) >= 11 is 0. The minimum absolute atomic E-state index is 0.249. The second-order valence-electron chi connectivity index (χ2n) is 4.10. The second-order valence-corrected chi connectivity index (χ2v) is 5.62. The Morgan fingerprint density at radius 3 is 2.36 bits per heavy atom. The first kappa shape index (κ1) is 13.6. The van der Waals surface area contributed by atoms with Gasteiger partial charge in [-0.25, -0.2) is 8.42 Å². The van der Waals surface area contributed by atoms with Gasteiger partial charge < -0.3 is 9.04 Å². The van der Waals surface area contributed by atoms with Crippen molar-refractivity contribution >= 4 is 10.1 Å². The van der Waals surface area contributed by atoms with E-state index in [0.717, 1.165) is 24.0 Å². The third-order valence-corrected chi connectivity index (χ3v) is 2.82. The van der Waals surface area contributed by atoms with Crippen LogP contribution in [0.1, 0.15) is 12.8 Å². The van der Waals surface area contributed by atoms with Crippen LogP contribution in [-0.4, -0.2) is 50.4 Å². The zero-order chi connectivity index (χ0) is 11.2. The third-order valence-electron chi connectivity index (χ3n) is 2.03. The molecular weight excluding hydrogens is 202 g/mol. The van der Waals surface area contributed by atoms with E-state index in [0.29, 0.717) is 6.42 Å². The summed E-state index contributed by atoms with van der Waals surface area (Å²) < 4.78 is 31.7. The molecule has 0 saturated heterocycles. The van der Waals surface area contributed by atoms with Gasteiger partial charge in [0.2, 0.25) is 0 Å². The lowest BCUT2D eigenvalue weighted by Gasteiger charge is -2.28. The first-order valence-corrected chi connectivity index (χ1v) is 6.21. The average Bonchev–Trinajstić information content (AvgIpc) is 1.96. The van der Waals surface area contributed by atoms with Gasteiger partial charge in [0.15, 0.2) is 0 Å². The fraction of sp³-hybridized carbons (Fsp3) is 0.778. The lowest BCUT2D eigenvalue weighted by Crippen LogP contribution is -2.40. The predicted octanol–water partition coefficient (Wildman–Crippen LogP) is 0.574. The molecule has 0 aliphatic rings. The van der Waals surface area contributed by atoms with Gasteiger partial charge >= 0.3 is 0 Å². The molecule has 0 heterocycles. The highest BCUT2D eigenvalue weighted by Gasteiger charge is 2.11. The third kappa shape index (κ3) is 8.22. The van der Waals surface area contributed by atoms with Crippen LogP contribution >= 0.6 is 0 Å². The van der Waals surface area contributed by atoms with Gasteiger partial charge in [0, 0.05) is 5.75 Å². The maximum atomic E-state index is 10.3. The normalized spacial score (nSPS) is 12.8. The first-order chi connectivity index (χ1) is 6.27. The summed E-state index contributed by atoms with van der Waals surface area (Å²) in [5.74, 6) is -0.249. The van der Waals surface area contributed by atoms with E-state index in [9.17, 15) is 13.0 Å². The molecule has 0 spiro atoms. The number of hydrogen-bond acceptors (Lipinski definition) is 3. The lowest BCUT2D eigenvalue weighted by atomic mass is 10.3. The van der Waals surface area contributed by atoms with Crippen LogP contribution in [0, 0.1) is 0 Å². The highest BCUT2D eigenvalue weighted by Crippen LogP contribution is 2.02. The van der Waals surface area contributed by atoms with Gasteiger partial charge in [0.05, 0.1) is 37.3 Å². The molecule has 0 fully saturated rings. The number of likely N-dealkylation sites (N-methyl/N-ethyl adjacent to an activating group) is 1. The Balaban J connectivity index is 3.69. The van der Waals surface area contributed by atoms with E-state index in [1.54, 1.807) is 0 Å². The number of unbranched alkanes of at least 4 members (excludes halogenated alkanes) is 1. The molecule has 5 heteroatoms. The van der Waals surface area contributed by atoms with Gasteiger partial charge in [0.1, 0.15) is 0 Å². The van der Waals surface area contributed by atoms with E-state index in [1.807, 2.05) is 20.2 Å². The Labute approximate surface area is 86.6 Å². The molecule has 84 valence electrons. The van der Waals surface area contributed by atoms with Crippen LogP contribution in [0.3, 0.4) is 0 Å². The predicted molar refractivity (Wildman–Crippen MR) is 55.8 cm³/mol. The van der Waals surface area contributed by atoms with E-state index >= 15 is 0 Å². The van der Waals surface area contributed by atoms with E-state index in [1.165, 1.54) is 0 Å². The lowest BCUT2D eigenvalue weighted by molar-refractivity contribution is -0.884. The molecule has 0 aromatic carbocycles. The summed E-state index contributed by atoms with van der Waals surface area (Å²) in [6.07, 6.45) is 3.04. The van der Waals surface area contributed by atoms with Crippen LogP contribution in [0.4, 0.5) is 0 Å². The summed E-state index contributed by atoms with van der Waals surface area (Å²) in [5.41, 5.74) is 0. The molecule has 0 saturated carbocycles. The minimum Gasteiger partial charge on any atom is -0.748 e. The smallest absolute Gasteiger partial charge is 0.0966 e. The van der Waals surface area contributed by atoms with Crippen molar-refractivity contribution in [3.05, 3.63) is 12.7 Å². The average molecular weight is 221 g/mol. The quantitative estimate of drug-likeness (QED) is 0.273. The van der Waals surface area contributed by atoms with E-state index < -0.39 is 10.1 Å². The number of nitrogens with zero attached hydrogens (tertiary/aromatic N) is 1. The van der Waals surface area contributed by atoms with E-state index in [4.69, 9.17) is 0 Å². The van der Waals surface area contributed by atoms with Crippen molar-refractivity contribution in [3.8, 4) is 0 Å². The Kier molecular flexibility index (Phi) is 5.33. The second kappa shape index (κ2) is 5.48. The first-order valence-electron chi connectivity index (χ1n) is 4.63. The molecular formula is C9H19NO3S. The maximum Gasteiger partial charge on any atom is 0.0966 e. The molecule has 0 aromatic rings. The summed E-state index contributed by atoms with van der Waals surface area (Å²) in [5, 5.41) is 0. The summed E-state index contributed by atoms with van der Waals surface area (Å²) in [6, 6.07) is 0. The van der Waals surface area contributed by atoms with Gasteiger partial charge in [-0.2, -0.15) is 0 Å². The van der Waals surface area contributed by atoms with Crippen molar-refractivity contribution in [1.82, 2.24) is 0 Å². The fourth-order valence-corrected chi connectivity index (χ4v) is 1.82. The monoisotopic (exact) mass is 221 g/mol. The molecule has 0 N–H and O–H groups in total. The largest absolute Gasteiger partial charge is 0.748 e. The van der Waals surface area contributed by atoms with Crippen molar-refractivity contribution < 1.29 is 17.5 Å². The van der Waals surface area contributed by atoms with Crippen molar-refractivity contribution in [1.29, 1.82) is 0 Å². The highest BCUT2D eigenvalue weighted by molar-refractivity contribution is 7.85. The molecule has 0 radical (unpaired) electrons. The molecule has 0 atom stereocenters. The molecule has 0 aliphatic carbocycles. The number of hydrogen-bond donors (Lipinski definition) is 0. The number of quaternary nitrogens is 1. The minimum atomic E-state index is -4.03. The fourth-order valence-electron chi connectivity index (χ4n) is 1.26. The van der Waals surface area contributed by atoms with Crippen LogP contribution in [0.25, 0.3) is 0 Å². The Morgan fingerprint density at radius 1 is 1.36 bits per heavy atom. The molecule has 0 bridgehead atoms. The maximum absolute atomic E-state index is 10.3. The van der Waals surface area contributed by atoms with Crippen molar-refractivity contribution in [2.45, 2.75) is 12.8 Å². The summed E-state index contributed by atoms with van der Waals surface area (Å²) in [7, 11) is 0.0667. The van der Waals surface area contributed by atoms with Gasteiger partial charge in [-0.1, -0.05) is 6.58 Å². The van der Waals surface area contributed by atoms with Crippen LogP contribution in [0.2, 0.25) is 0 Å². The Hall–Kier alpha value is -0.390. The highest BCUT2D eigenvalue weighted by atomic mass is 32.2. The zero-order valence-corrected chi connectivity index (χ0v) is 9.72. The molecule has 0 aromatic heterocycles. The van der Waals surface area contributed by atoms with E-state index in [-0.39, 0.29) is 5.75 Å². The van der Waals surface area contributed by atoms with Crippen molar-refractivity contribution in [2.24, 2.45) is 0 Å². The van der Waals surface area contributed by atoms with Crippen LogP contribution < -0.4 is 0 Å². The van der Waals surface area contributed by atoms with Crippen molar-refractivity contribution in [3.63, 3.8) is 0 Å². The zero-order valence-electron chi connectivity index (χ0n) is 8.90. The molecule has 0 unspecified atom stereocenters. The molecule has 0 rings (SSSR count). The number of rotatable bonds is 7. The van der Waals surface area contributed by atoms with Gasteiger partial charge in [-0.05, 0) is 18.9 Å². The topological polar surface area (TPSA) is 57.2 Å². The Morgan fingerprint density at radius 2 is 1.93 bits per heavy atom. The van der Waals surface area contributed by atoms with Crippen LogP contribution in [-0.2, 0) is 10.1 Å². The Bertz CT molecular complexity index is 270. The standard InChI is InChI=1S/C9H19NO3S/c1-4-7-10(2,3)8-5-6-9-14(11,12)13/h4H,1,5-9H2,2-3H3. The van der Waals surface area contributed by atoms with E-state index in [2.05, 4.69) is 6.58 Å². The molecule has 14 heavy (non-hydrogen) atoms. The molecule has 0 amide bonds. The summed E-state index contributed by atoms with van der Waals surface area (Å²) in [6.45, 7) is 5.37.